The molecule has 0 spiro atoms. The van der Waals surface area contributed by atoms with E-state index in [0.29, 0.717) is 11.9 Å². The van der Waals surface area contributed by atoms with E-state index in [-0.39, 0.29) is 0 Å². The van der Waals surface area contributed by atoms with E-state index < -0.39 is 0 Å². The molecule has 196 valence electrons. The summed E-state index contributed by atoms with van der Waals surface area (Å²) in [5.41, 5.74) is 16.8. The van der Waals surface area contributed by atoms with Crippen LogP contribution in [0, 0.1) is 11.8 Å². The Morgan fingerprint density at radius 1 is 0.778 bits per heavy atom. The SMILES string of the molecule is Nc1ncc2n1CCN(CC1CCCCC1)C2.[N-]=[N+]=Nc1ncc2n1CCN(CC1CCCCC1)C2. The van der Waals surface area contributed by atoms with E-state index >= 15 is 0 Å². The molecular formula is C26H42N10. The van der Waals surface area contributed by atoms with Crippen LogP contribution < -0.4 is 5.73 Å². The summed E-state index contributed by atoms with van der Waals surface area (Å²) in [5, 5.41) is 3.63. The van der Waals surface area contributed by atoms with Crippen molar-refractivity contribution in [1.82, 2.24) is 28.9 Å². The summed E-state index contributed by atoms with van der Waals surface area (Å²) in [7, 11) is 0. The predicted molar refractivity (Wildman–Crippen MR) is 141 cm³/mol. The zero-order valence-corrected chi connectivity index (χ0v) is 21.6. The molecule has 10 heteroatoms. The molecule has 0 bridgehead atoms. The van der Waals surface area contributed by atoms with E-state index in [4.69, 9.17) is 11.3 Å². The van der Waals surface area contributed by atoms with E-state index in [1.165, 1.54) is 88.7 Å². The third-order valence-electron chi connectivity index (χ3n) is 8.55. The van der Waals surface area contributed by atoms with E-state index in [1.807, 2.05) is 17.0 Å². The molecule has 2 fully saturated rings. The minimum absolute atomic E-state index is 0.509. The van der Waals surface area contributed by atoms with Gasteiger partial charge < -0.3 is 14.9 Å². The molecular weight excluding hydrogens is 452 g/mol. The summed E-state index contributed by atoms with van der Waals surface area (Å²) < 4.78 is 4.19. The standard InChI is InChI=1S/C13H20N6.C13H22N4/c14-17-16-13-15-8-12-10-18(6-7-19(12)13)9-11-4-2-1-3-5-11;14-13-15-8-12-10-16(6-7-17(12)13)9-11-4-2-1-3-5-11/h8,11H,1-7,9-10H2;8,11H,1-7,9-10H2,(H2,14,15). The first-order chi connectivity index (χ1) is 17.7. The molecule has 2 aliphatic carbocycles. The summed E-state index contributed by atoms with van der Waals surface area (Å²) in [5.74, 6) is 2.99. The number of nitrogen functional groups attached to an aromatic ring is 1. The Bertz CT molecular complexity index is 1020. The maximum atomic E-state index is 8.50. The van der Waals surface area contributed by atoms with Gasteiger partial charge in [-0.25, -0.2) is 9.97 Å². The van der Waals surface area contributed by atoms with E-state index in [9.17, 15) is 0 Å². The smallest absolute Gasteiger partial charge is 0.200 e. The molecule has 2 N–H and O–H groups in total. The summed E-state index contributed by atoms with van der Waals surface area (Å²) in [4.78, 5) is 16.3. The number of azide groups is 1. The number of hydrogen-bond acceptors (Lipinski definition) is 6. The summed E-state index contributed by atoms with van der Waals surface area (Å²) in [6.45, 7) is 8.50. The number of fused-ring (bicyclic) bond motifs is 2. The van der Waals surface area contributed by atoms with Gasteiger partial charge in [0.15, 0.2) is 11.9 Å². The Labute approximate surface area is 214 Å². The number of imidazole rings is 2. The average Bonchev–Trinajstić information content (AvgIpc) is 3.48. The largest absolute Gasteiger partial charge is 0.369 e. The summed E-state index contributed by atoms with van der Waals surface area (Å²) in [6, 6.07) is 0. The first-order valence-corrected chi connectivity index (χ1v) is 14.0. The third-order valence-corrected chi connectivity index (χ3v) is 8.55. The van der Waals surface area contributed by atoms with E-state index in [0.717, 1.165) is 51.1 Å². The van der Waals surface area contributed by atoms with Gasteiger partial charge in [0.25, 0.3) is 0 Å². The molecule has 0 amide bonds. The lowest BCUT2D eigenvalue weighted by Crippen LogP contribution is -2.37. The summed E-state index contributed by atoms with van der Waals surface area (Å²) >= 11 is 0. The van der Waals surface area contributed by atoms with Gasteiger partial charge >= 0.3 is 0 Å². The van der Waals surface area contributed by atoms with E-state index in [1.54, 1.807) is 0 Å². The highest BCUT2D eigenvalue weighted by Gasteiger charge is 2.23. The van der Waals surface area contributed by atoms with Crippen LogP contribution in [-0.2, 0) is 26.2 Å². The minimum Gasteiger partial charge on any atom is -0.369 e. The Morgan fingerprint density at radius 3 is 1.89 bits per heavy atom. The van der Waals surface area contributed by atoms with Gasteiger partial charge in [-0.05, 0) is 48.2 Å². The second-order valence-corrected chi connectivity index (χ2v) is 11.1. The van der Waals surface area contributed by atoms with Crippen LogP contribution in [-0.4, -0.2) is 55.1 Å². The molecule has 2 aromatic rings. The average molecular weight is 495 g/mol. The molecule has 6 rings (SSSR count). The van der Waals surface area contributed by atoms with Gasteiger partial charge in [-0.3, -0.25) is 9.80 Å². The van der Waals surface area contributed by atoms with Crippen LogP contribution in [0.3, 0.4) is 0 Å². The fourth-order valence-corrected chi connectivity index (χ4v) is 6.58. The molecule has 2 aromatic heterocycles. The maximum Gasteiger partial charge on any atom is 0.200 e. The third kappa shape index (κ3) is 6.22. The van der Waals surface area contributed by atoms with Crippen LogP contribution >= 0.6 is 0 Å². The molecule has 0 aromatic carbocycles. The van der Waals surface area contributed by atoms with Crippen molar-refractivity contribution in [1.29, 1.82) is 0 Å². The number of hydrogen-bond donors (Lipinski definition) is 1. The monoisotopic (exact) mass is 494 g/mol. The number of anilines is 1. The molecule has 4 heterocycles. The lowest BCUT2D eigenvalue weighted by atomic mass is 9.89. The molecule has 2 saturated carbocycles. The molecule has 0 atom stereocenters. The van der Waals surface area contributed by atoms with Crippen molar-refractivity contribution in [3.63, 3.8) is 0 Å². The van der Waals surface area contributed by atoms with Crippen molar-refractivity contribution in [2.75, 3.05) is 31.9 Å². The predicted octanol–water partition coefficient (Wildman–Crippen LogP) is 5.08. The normalized spacial score (nSPS) is 21.7. The maximum absolute atomic E-state index is 8.50. The molecule has 0 saturated heterocycles. The zero-order valence-electron chi connectivity index (χ0n) is 21.6. The van der Waals surface area contributed by atoms with Gasteiger partial charge in [-0.1, -0.05) is 38.5 Å². The topological polar surface area (TPSA) is 117 Å². The number of aromatic nitrogens is 4. The van der Waals surface area contributed by atoms with Crippen molar-refractivity contribution in [2.24, 2.45) is 17.0 Å². The van der Waals surface area contributed by atoms with Gasteiger partial charge in [0.2, 0.25) is 0 Å². The van der Waals surface area contributed by atoms with Gasteiger partial charge in [0, 0.05) is 63.5 Å². The Hall–Kier alpha value is -2.55. The molecule has 36 heavy (non-hydrogen) atoms. The first-order valence-electron chi connectivity index (χ1n) is 14.0. The highest BCUT2D eigenvalue weighted by Crippen LogP contribution is 2.28. The second kappa shape index (κ2) is 12.1. The zero-order chi connectivity index (χ0) is 24.7. The summed E-state index contributed by atoms with van der Waals surface area (Å²) in [6.07, 6.45) is 17.9. The number of nitrogens with zero attached hydrogens (tertiary/aromatic N) is 9. The Morgan fingerprint density at radius 2 is 1.31 bits per heavy atom. The lowest BCUT2D eigenvalue weighted by Gasteiger charge is -2.33. The molecule has 2 aliphatic heterocycles. The van der Waals surface area contributed by atoms with Crippen molar-refractivity contribution in [3.05, 3.63) is 34.2 Å². The van der Waals surface area contributed by atoms with Crippen LogP contribution in [0.4, 0.5) is 11.9 Å². The van der Waals surface area contributed by atoms with Crippen molar-refractivity contribution >= 4 is 11.9 Å². The minimum atomic E-state index is 0.509. The van der Waals surface area contributed by atoms with Gasteiger partial charge in [-0.15, -0.1) is 0 Å². The Balaban J connectivity index is 0.000000149. The number of nitrogens with two attached hydrogens (primary N) is 1. The van der Waals surface area contributed by atoms with E-state index in [2.05, 4.69) is 34.4 Å². The number of rotatable bonds is 5. The van der Waals surface area contributed by atoms with Crippen LogP contribution in [0.15, 0.2) is 17.5 Å². The first kappa shape index (κ1) is 25.1. The molecule has 4 aliphatic rings. The van der Waals surface area contributed by atoms with Crippen LogP contribution in [0.25, 0.3) is 10.4 Å². The van der Waals surface area contributed by atoms with Crippen molar-refractivity contribution < 1.29 is 0 Å². The van der Waals surface area contributed by atoms with Crippen molar-refractivity contribution in [3.8, 4) is 0 Å². The van der Waals surface area contributed by atoms with Gasteiger partial charge in [0.05, 0.1) is 17.6 Å². The van der Waals surface area contributed by atoms with Crippen molar-refractivity contribution in [2.45, 2.75) is 90.4 Å². The quantitative estimate of drug-likeness (QED) is 0.353. The fraction of sp³-hybridized carbons (Fsp3) is 0.769. The highest BCUT2D eigenvalue weighted by atomic mass is 15.3. The van der Waals surface area contributed by atoms with Gasteiger partial charge in [-0.2, -0.15) is 0 Å². The van der Waals surface area contributed by atoms with Crippen LogP contribution in [0.2, 0.25) is 0 Å². The highest BCUT2D eigenvalue weighted by molar-refractivity contribution is 5.24. The second-order valence-electron chi connectivity index (χ2n) is 11.1. The lowest BCUT2D eigenvalue weighted by molar-refractivity contribution is 0.168. The van der Waals surface area contributed by atoms with Crippen LogP contribution in [0.5, 0.6) is 0 Å². The molecule has 10 nitrogen and oxygen atoms in total. The molecule has 0 unspecified atom stereocenters. The van der Waals surface area contributed by atoms with Gasteiger partial charge in [0.1, 0.15) is 0 Å². The molecule has 0 radical (unpaired) electrons. The Kier molecular flexibility index (Phi) is 8.46. The fourth-order valence-electron chi connectivity index (χ4n) is 6.58. The van der Waals surface area contributed by atoms with Crippen LogP contribution in [0.1, 0.15) is 75.6 Å².